The van der Waals surface area contributed by atoms with Gasteiger partial charge in [-0.25, -0.2) is 4.98 Å². The molecule has 1 N–H and O–H groups in total. The number of halogens is 3. The van der Waals surface area contributed by atoms with E-state index in [0.29, 0.717) is 40.0 Å². The van der Waals surface area contributed by atoms with Crippen molar-refractivity contribution in [3.63, 3.8) is 0 Å². The third-order valence-corrected chi connectivity index (χ3v) is 5.27. The first-order valence-corrected chi connectivity index (χ1v) is 10.5. The van der Waals surface area contributed by atoms with Crippen LogP contribution in [0.2, 0.25) is 0 Å². The van der Waals surface area contributed by atoms with Gasteiger partial charge in [-0.3, -0.25) is 4.98 Å². The van der Waals surface area contributed by atoms with Gasteiger partial charge in [0.25, 0.3) is 0 Å². The second-order valence-corrected chi connectivity index (χ2v) is 7.62. The number of nitrogens with one attached hydrogen (secondary N) is 1. The van der Waals surface area contributed by atoms with Gasteiger partial charge < -0.3 is 19.2 Å². The predicted molar refractivity (Wildman–Crippen MR) is 114 cm³/mol. The first-order valence-electron chi connectivity index (χ1n) is 9.47. The molecule has 2 heterocycles. The number of thioether (sulfide) groups is 1. The minimum Gasteiger partial charge on any atom is -0.491 e. The van der Waals surface area contributed by atoms with Gasteiger partial charge in [0.15, 0.2) is 16.7 Å². The van der Waals surface area contributed by atoms with E-state index in [1.54, 1.807) is 19.4 Å². The predicted octanol–water partition coefficient (Wildman–Crippen LogP) is 5.74. The highest BCUT2D eigenvalue weighted by Gasteiger charge is 2.31. The van der Waals surface area contributed by atoms with E-state index in [2.05, 4.69) is 19.7 Å². The summed E-state index contributed by atoms with van der Waals surface area (Å²) in [7, 11) is 1.55. The average Bonchev–Trinajstić information content (AvgIpc) is 3.18. The van der Waals surface area contributed by atoms with Crippen LogP contribution in [-0.4, -0.2) is 28.4 Å². The number of hydrogen-bond donors (Lipinski definition) is 1. The molecule has 6 nitrogen and oxygen atoms in total. The molecule has 0 bridgehead atoms. The van der Waals surface area contributed by atoms with Crippen molar-refractivity contribution in [2.75, 3.05) is 7.11 Å². The van der Waals surface area contributed by atoms with E-state index in [4.69, 9.17) is 9.47 Å². The molecule has 0 amide bonds. The highest BCUT2D eigenvalue weighted by Crippen LogP contribution is 2.31. The maximum Gasteiger partial charge on any atom is 0.573 e. The molecular formula is C22H18F3N3O3S. The molecule has 0 aliphatic rings. The van der Waals surface area contributed by atoms with Crippen LogP contribution >= 0.6 is 11.8 Å². The smallest absolute Gasteiger partial charge is 0.491 e. The molecule has 0 aliphatic heterocycles. The molecule has 166 valence electrons. The van der Waals surface area contributed by atoms with Crippen LogP contribution in [0.3, 0.4) is 0 Å². The summed E-state index contributed by atoms with van der Waals surface area (Å²) < 4.78 is 52.4. The number of aromatic amines is 1. The molecule has 2 aromatic heterocycles. The lowest BCUT2D eigenvalue weighted by molar-refractivity contribution is -0.274. The Hall–Kier alpha value is -3.40. The maximum absolute atomic E-state index is 12.4. The molecule has 0 fully saturated rings. The monoisotopic (exact) mass is 461 g/mol. The summed E-state index contributed by atoms with van der Waals surface area (Å²) in [6, 6.07) is 15.5. The van der Waals surface area contributed by atoms with Crippen LogP contribution in [0, 0.1) is 0 Å². The van der Waals surface area contributed by atoms with Crippen LogP contribution in [-0.2, 0) is 12.4 Å². The van der Waals surface area contributed by atoms with Gasteiger partial charge >= 0.3 is 6.36 Å². The number of benzene rings is 2. The van der Waals surface area contributed by atoms with Crippen LogP contribution in [0.4, 0.5) is 13.2 Å². The maximum atomic E-state index is 12.4. The van der Waals surface area contributed by atoms with E-state index in [9.17, 15) is 13.2 Å². The standard InChI is InChI=1S/C22H18F3N3O3S/c1-29-20-11-26-15(9-19(20)30-12-14-5-3-2-4-6-14)13-32-21-27-17-8-7-16(10-18(17)28-21)31-22(23,24)25/h2-11H,12-13H2,1H3,(H,27,28). The van der Waals surface area contributed by atoms with E-state index < -0.39 is 6.36 Å². The molecular weight excluding hydrogens is 443 g/mol. The molecule has 0 atom stereocenters. The number of ether oxygens (including phenoxy) is 3. The van der Waals surface area contributed by atoms with Crippen LogP contribution < -0.4 is 14.2 Å². The van der Waals surface area contributed by atoms with Crippen molar-refractivity contribution in [1.82, 2.24) is 15.0 Å². The Morgan fingerprint density at radius 3 is 2.59 bits per heavy atom. The van der Waals surface area contributed by atoms with Crippen molar-refractivity contribution in [3.8, 4) is 17.2 Å². The number of pyridine rings is 1. The number of nitrogens with zero attached hydrogens (tertiary/aromatic N) is 2. The molecule has 0 unspecified atom stereocenters. The number of H-pyrrole nitrogens is 1. The van der Waals surface area contributed by atoms with Gasteiger partial charge in [0, 0.05) is 17.9 Å². The Labute approximate surface area is 185 Å². The zero-order valence-electron chi connectivity index (χ0n) is 16.8. The largest absolute Gasteiger partial charge is 0.573 e. The Kier molecular flexibility index (Phi) is 6.40. The number of alkyl halides is 3. The zero-order valence-corrected chi connectivity index (χ0v) is 17.7. The fourth-order valence-electron chi connectivity index (χ4n) is 2.92. The zero-order chi connectivity index (χ0) is 22.6. The summed E-state index contributed by atoms with van der Waals surface area (Å²) in [6.07, 6.45) is -3.15. The summed E-state index contributed by atoms with van der Waals surface area (Å²) in [6.45, 7) is 0.389. The normalized spacial score (nSPS) is 11.5. The highest BCUT2D eigenvalue weighted by atomic mass is 32.2. The van der Waals surface area contributed by atoms with Crippen molar-refractivity contribution >= 4 is 22.8 Å². The number of methoxy groups -OCH3 is 1. The van der Waals surface area contributed by atoms with Crippen molar-refractivity contribution in [1.29, 1.82) is 0 Å². The Balaban J connectivity index is 1.44. The lowest BCUT2D eigenvalue weighted by Gasteiger charge is -2.11. The van der Waals surface area contributed by atoms with E-state index in [0.717, 1.165) is 11.3 Å². The fraction of sp³-hybridized carbons (Fsp3) is 0.182. The van der Waals surface area contributed by atoms with Crippen molar-refractivity contribution in [3.05, 3.63) is 72.1 Å². The first kappa shape index (κ1) is 21.8. The first-order chi connectivity index (χ1) is 15.4. The molecule has 32 heavy (non-hydrogen) atoms. The SMILES string of the molecule is COc1cnc(CSc2nc3ccc(OC(F)(F)F)cc3[nH]2)cc1OCc1ccccc1. The Morgan fingerprint density at radius 2 is 1.84 bits per heavy atom. The topological polar surface area (TPSA) is 69.3 Å². The van der Waals surface area contributed by atoms with Gasteiger partial charge in [0.2, 0.25) is 0 Å². The number of rotatable bonds is 8. The van der Waals surface area contributed by atoms with Gasteiger partial charge in [-0.2, -0.15) is 0 Å². The summed E-state index contributed by atoms with van der Waals surface area (Å²) in [4.78, 5) is 11.8. The minimum atomic E-state index is -4.74. The van der Waals surface area contributed by atoms with Gasteiger partial charge in [0.1, 0.15) is 12.4 Å². The van der Waals surface area contributed by atoms with E-state index in [1.807, 2.05) is 30.3 Å². The second-order valence-electron chi connectivity index (χ2n) is 6.66. The minimum absolute atomic E-state index is 0.303. The van der Waals surface area contributed by atoms with Crippen LogP contribution in [0.1, 0.15) is 11.3 Å². The fourth-order valence-corrected chi connectivity index (χ4v) is 3.71. The molecule has 4 rings (SSSR count). The number of imidazole rings is 1. The quantitative estimate of drug-likeness (QED) is 0.338. The Morgan fingerprint density at radius 1 is 1.03 bits per heavy atom. The molecule has 0 saturated heterocycles. The van der Waals surface area contributed by atoms with Gasteiger partial charge in [-0.1, -0.05) is 42.1 Å². The number of aromatic nitrogens is 3. The molecule has 0 saturated carbocycles. The summed E-state index contributed by atoms with van der Waals surface area (Å²) >= 11 is 1.37. The second kappa shape index (κ2) is 9.39. The average molecular weight is 461 g/mol. The van der Waals surface area contributed by atoms with Crippen LogP contribution in [0.25, 0.3) is 11.0 Å². The summed E-state index contributed by atoms with van der Waals surface area (Å²) in [5, 5.41) is 0.550. The molecule has 0 spiro atoms. The highest BCUT2D eigenvalue weighted by molar-refractivity contribution is 7.98. The summed E-state index contributed by atoms with van der Waals surface area (Å²) in [5.41, 5.74) is 2.75. The van der Waals surface area contributed by atoms with Crippen LogP contribution in [0.15, 0.2) is 66.0 Å². The molecule has 4 aromatic rings. The van der Waals surface area contributed by atoms with Crippen molar-refractivity contribution < 1.29 is 27.4 Å². The molecule has 10 heteroatoms. The lowest BCUT2D eigenvalue weighted by atomic mass is 10.2. The van der Waals surface area contributed by atoms with Gasteiger partial charge in [-0.15, -0.1) is 13.2 Å². The van der Waals surface area contributed by atoms with E-state index >= 15 is 0 Å². The van der Waals surface area contributed by atoms with Crippen LogP contribution in [0.5, 0.6) is 17.2 Å². The third kappa shape index (κ3) is 5.64. The number of hydrogen-bond acceptors (Lipinski definition) is 6. The molecule has 0 aliphatic carbocycles. The van der Waals surface area contributed by atoms with Crippen molar-refractivity contribution in [2.24, 2.45) is 0 Å². The Bertz CT molecular complexity index is 1200. The molecule has 2 aromatic carbocycles. The molecule has 0 radical (unpaired) electrons. The lowest BCUT2D eigenvalue weighted by Crippen LogP contribution is -2.16. The van der Waals surface area contributed by atoms with Crippen molar-refractivity contribution in [2.45, 2.75) is 23.9 Å². The summed E-state index contributed by atoms with van der Waals surface area (Å²) in [5.74, 6) is 1.26. The van der Waals surface area contributed by atoms with E-state index in [1.165, 1.54) is 30.0 Å². The number of fused-ring (bicyclic) bond motifs is 1. The third-order valence-electron chi connectivity index (χ3n) is 4.37. The van der Waals surface area contributed by atoms with E-state index in [-0.39, 0.29) is 5.75 Å². The van der Waals surface area contributed by atoms with Gasteiger partial charge in [0.05, 0.1) is 30.0 Å². The van der Waals surface area contributed by atoms with Gasteiger partial charge in [-0.05, 0) is 17.7 Å².